The number of aromatic nitrogens is 1. The lowest BCUT2D eigenvalue weighted by molar-refractivity contribution is 0.0593. The smallest absolute Gasteiger partial charge is 0.354 e. The molecular weight excluding hydrogens is 432 g/mol. The number of aryl methyl sites for hydroxylation is 2. The molecule has 32 heavy (non-hydrogen) atoms. The van der Waals surface area contributed by atoms with Crippen LogP contribution < -0.4 is 0 Å². The number of H-pyrrole nitrogens is 1. The minimum atomic E-state index is -3.94. The SMILES string of the molecule is CCOCCCN([C@H](C)C(=O)c1c(C)[nH]c(C(=O)OC)c1C)S(=O)(=O)c1ccc(C)cc1. The number of sulfonamides is 1. The lowest BCUT2D eigenvalue weighted by atomic mass is 10.0. The number of Topliss-reactive ketones (excluding diaryl/α,β-unsaturated/α-hetero) is 1. The van der Waals surface area contributed by atoms with Crippen LogP contribution in [0, 0.1) is 20.8 Å². The summed E-state index contributed by atoms with van der Waals surface area (Å²) in [6, 6.07) is 5.54. The van der Waals surface area contributed by atoms with E-state index in [1.807, 2.05) is 13.8 Å². The number of carbonyl (C=O) groups excluding carboxylic acids is 2. The molecule has 0 bridgehead atoms. The van der Waals surface area contributed by atoms with E-state index in [1.165, 1.54) is 11.4 Å². The first-order chi connectivity index (χ1) is 15.1. The van der Waals surface area contributed by atoms with Crippen molar-refractivity contribution in [2.75, 3.05) is 26.9 Å². The van der Waals surface area contributed by atoms with Gasteiger partial charge in [0, 0.05) is 31.0 Å². The number of rotatable bonds is 11. The van der Waals surface area contributed by atoms with Gasteiger partial charge in [-0.15, -0.1) is 0 Å². The summed E-state index contributed by atoms with van der Waals surface area (Å²) in [6.45, 7) is 9.65. The summed E-state index contributed by atoms with van der Waals surface area (Å²) in [5.41, 5.74) is 2.34. The Morgan fingerprint density at radius 2 is 1.75 bits per heavy atom. The van der Waals surface area contributed by atoms with Crippen LogP contribution in [0.15, 0.2) is 29.2 Å². The molecular formula is C23H32N2O6S. The van der Waals surface area contributed by atoms with Gasteiger partial charge in [-0.3, -0.25) is 4.79 Å². The number of carbonyl (C=O) groups is 2. The Bertz CT molecular complexity index is 1060. The summed E-state index contributed by atoms with van der Waals surface area (Å²) >= 11 is 0. The van der Waals surface area contributed by atoms with Gasteiger partial charge in [0.05, 0.1) is 18.0 Å². The Labute approximate surface area is 190 Å². The lowest BCUT2D eigenvalue weighted by Crippen LogP contribution is -2.44. The number of hydrogen-bond donors (Lipinski definition) is 1. The van der Waals surface area contributed by atoms with Crippen molar-refractivity contribution in [3.8, 4) is 0 Å². The van der Waals surface area contributed by atoms with Crippen LogP contribution in [0.4, 0.5) is 0 Å². The first-order valence-corrected chi connectivity index (χ1v) is 12.0. The standard InChI is InChI=1S/C23H32N2O6S/c1-7-31-14-8-13-25(32(28,29)19-11-9-15(2)10-12-19)18(5)22(26)20-16(3)21(23(27)30-6)24-17(20)4/h9-12,18,24H,7-8,13-14H2,1-6H3/t18-/m1/s1. The summed E-state index contributed by atoms with van der Waals surface area (Å²) in [5, 5.41) is 0. The van der Waals surface area contributed by atoms with Crippen molar-refractivity contribution < 1.29 is 27.5 Å². The third-order valence-electron chi connectivity index (χ3n) is 5.38. The molecule has 0 spiro atoms. The normalized spacial score (nSPS) is 12.7. The molecule has 1 aromatic heterocycles. The highest BCUT2D eigenvalue weighted by atomic mass is 32.2. The number of methoxy groups -OCH3 is 1. The summed E-state index contributed by atoms with van der Waals surface area (Å²) < 4.78 is 38.3. The summed E-state index contributed by atoms with van der Waals surface area (Å²) in [4.78, 5) is 28.5. The van der Waals surface area contributed by atoms with E-state index in [4.69, 9.17) is 9.47 Å². The highest BCUT2D eigenvalue weighted by molar-refractivity contribution is 7.89. The van der Waals surface area contributed by atoms with Gasteiger partial charge in [0.2, 0.25) is 10.0 Å². The van der Waals surface area contributed by atoms with Gasteiger partial charge in [-0.25, -0.2) is 13.2 Å². The topological polar surface area (TPSA) is 106 Å². The summed E-state index contributed by atoms with van der Waals surface area (Å²) in [5.74, 6) is -0.975. The molecule has 9 heteroatoms. The fourth-order valence-electron chi connectivity index (χ4n) is 3.60. The average Bonchev–Trinajstić information content (AvgIpc) is 3.06. The van der Waals surface area contributed by atoms with Crippen molar-refractivity contribution in [1.82, 2.24) is 9.29 Å². The fraction of sp³-hybridized carbons (Fsp3) is 0.478. The Morgan fingerprint density at radius 1 is 1.12 bits per heavy atom. The van der Waals surface area contributed by atoms with Gasteiger partial charge in [0.1, 0.15) is 5.69 Å². The molecule has 2 rings (SSSR count). The summed E-state index contributed by atoms with van der Waals surface area (Å²) in [6.07, 6.45) is 0.440. The third kappa shape index (κ3) is 5.46. The number of ether oxygens (including phenoxy) is 2. The average molecular weight is 465 g/mol. The van der Waals surface area contributed by atoms with Crippen LogP contribution >= 0.6 is 0 Å². The zero-order valence-corrected chi connectivity index (χ0v) is 20.3. The molecule has 0 fully saturated rings. The predicted octanol–water partition coefficient (Wildman–Crippen LogP) is 3.42. The van der Waals surface area contributed by atoms with E-state index in [0.29, 0.717) is 36.5 Å². The molecule has 0 saturated carbocycles. The summed E-state index contributed by atoms with van der Waals surface area (Å²) in [7, 11) is -2.68. The van der Waals surface area contributed by atoms with Gasteiger partial charge in [-0.2, -0.15) is 4.31 Å². The number of nitrogens with zero attached hydrogens (tertiary/aromatic N) is 1. The van der Waals surface area contributed by atoms with Crippen LogP contribution in [0.25, 0.3) is 0 Å². The number of nitrogens with one attached hydrogen (secondary N) is 1. The van der Waals surface area contributed by atoms with Crippen molar-refractivity contribution >= 4 is 21.8 Å². The quantitative estimate of drug-likeness (QED) is 0.310. The first kappa shape index (κ1) is 25.8. The number of aromatic amines is 1. The molecule has 0 unspecified atom stereocenters. The number of benzene rings is 1. The minimum Gasteiger partial charge on any atom is -0.464 e. The molecule has 8 nitrogen and oxygen atoms in total. The molecule has 0 aliphatic carbocycles. The van der Waals surface area contributed by atoms with Gasteiger partial charge in [0.25, 0.3) is 0 Å². The van der Waals surface area contributed by atoms with E-state index >= 15 is 0 Å². The molecule has 0 aliphatic heterocycles. The largest absolute Gasteiger partial charge is 0.464 e. The Kier molecular flexibility index (Phi) is 8.77. The molecule has 0 radical (unpaired) electrons. The van der Waals surface area contributed by atoms with Crippen molar-refractivity contribution in [2.45, 2.75) is 52.0 Å². The van der Waals surface area contributed by atoms with Crippen LogP contribution in [0.3, 0.4) is 0 Å². The second-order valence-corrected chi connectivity index (χ2v) is 9.53. The number of hydrogen-bond acceptors (Lipinski definition) is 6. The van der Waals surface area contributed by atoms with Gasteiger partial charge in [-0.1, -0.05) is 17.7 Å². The molecule has 0 aliphatic rings. The van der Waals surface area contributed by atoms with Crippen LogP contribution in [0.2, 0.25) is 0 Å². The lowest BCUT2D eigenvalue weighted by Gasteiger charge is -2.28. The third-order valence-corrected chi connectivity index (χ3v) is 7.37. The van der Waals surface area contributed by atoms with Crippen LogP contribution in [-0.4, -0.2) is 62.4 Å². The van der Waals surface area contributed by atoms with Gasteiger partial charge in [0.15, 0.2) is 5.78 Å². The second-order valence-electron chi connectivity index (χ2n) is 7.64. The maximum atomic E-state index is 13.5. The minimum absolute atomic E-state index is 0.121. The van der Waals surface area contributed by atoms with Gasteiger partial charge in [-0.05, 0) is 58.7 Å². The van der Waals surface area contributed by atoms with E-state index in [2.05, 4.69) is 4.98 Å². The molecule has 1 N–H and O–H groups in total. The van der Waals surface area contributed by atoms with E-state index in [-0.39, 0.29) is 17.1 Å². The number of ketones is 1. The van der Waals surface area contributed by atoms with Crippen LogP contribution in [-0.2, 0) is 19.5 Å². The van der Waals surface area contributed by atoms with Crippen molar-refractivity contribution in [1.29, 1.82) is 0 Å². The van der Waals surface area contributed by atoms with E-state index in [0.717, 1.165) is 5.56 Å². The van der Waals surface area contributed by atoms with Gasteiger partial charge < -0.3 is 14.5 Å². The first-order valence-electron chi connectivity index (χ1n) is 10.5. The number of esters is 1. The molecule has 0 amide bonds. The molecule has 1 heterocycles. The van der Waals surface area contributed by atoms with Crippen molar-refractivity contribution in [3.63, 3.8) is 0 Å². The molecule has 1 aromatic carbocycles. The van der Waals surface area contributed by atoms with E-state index < -0.39 is 27.8 Å². The molecule has 2 aromatic rings. The van der Waals surface area contributed by atoms with E-state index in [1.54, 1.807) is 45.0 Å². The van der Waals surface area contributed by atoms with Crippen LogP contribution in [0.5, 0.6) is 0 Å². The highest BCUT2D eigenvalue weighted by Crippen LogP contribution is 2.25. The van der Waals surface area contributed by atoms with Gasteiger partial charge >= 0.3 is 5.97 Å². The van der Waals surface area contributed by atoms with E-state index in [9.17, 15) is 18.0 Å². The zero-order chi connectivity index (χ0) is 24.1. The predicted molar refractivity (Wildman–Crippen MR) is 122 cm³/mol. The zero-order valence-electron chi connectivity index (χ0n) is 19.5. The molecule has 0 saturated heterocycles. The van der Waals surface area contributed by atoms with Crippen LogP contribution in [0.1, 0.15) is 57.9 Å². The maximum absolute atomic E-state index is 13.5. The molecule has 176 valence electrons. The monoisotopic (exact) mass is 464 g/mol. The maximum Gasteiger partial charge on any atom is 0.354 e. The fourth-order valence-corrected chi connectivity index (χ4v) is 5.23. The molecule has 1 atom stereocenters. The Morgan fingerprint density at radius 3 is 2.31 bits per heavy atom. The highest BCUT2D eigenvalue weighted by Gasteiger charge is 2.35. The Balaban J connectivity index is 2.45. The second kappa shape index (κ2) is 10.9. The van der Waals surface area contributed by atoms with Crippen molar-refractivity contribution in [3.05, 3.63) is 52.3 Å². The van der Waals surface area contributed by atoms with Crippen molar-refractivity contribution in [2.24, 2.45) is 0 Å². The Hall–Kier alpha value is -2.49.